The number of hydrogen-bond donors (Lipinski definition) is 0. The minimum atomic E-state index is -0.522. The zero-order valence-electron chi connectivity index (χ0n) is 9.69. The van der Waals surface area contributed by atoms with Gasteiger partial charge in [0.25, 0.3) is 5.88 Å². The molecule has 2 rings (SSSR count). The van der Waals surface area contributed by atoms with E-state index in [2.05, 4.69) is 20.9 Å². The van der Waals surface area contributed by atoms with E-state index in [-0.39, 0.29) is 5.88 Å². The van der Waals surface area contributed by atoms with Gasteiger partial charge >= 0.3 is 0 Å². The van der Waals surface area contributed by atoms with Crippen LogP contribution in [-0.4, -0.2) is 11.6 Å². The molecular formula is C13H11BrFNO2. The third kappa shape index (κ3) is 3.20. The van der Waals surface area contributed by atoms with Gasteiger partial charge < -0.3 is 9.47 Å². The molecule has 0 unspecified atom stereocenters. The maximum atomic E-state index is 13.5. The second kappa shape index (κ2) is 5.82. The van der Waals surface area contributed by atoms with Gasteiger partial charge in [0.1, 0.15) is 11.5 Å². The van der Waals surface area contributed by atoms with Gasteiger partial charge in [-0.25, -0.2) is 9.37 Å². The molecule has 0 atom stereocenters. The number of rotatable bonds is 4. The Hall–Kier alpha value is -1.62. The number of ether oxygens (including phenoxy) is 2. The van der Waals surface area contributed by atoms with E-state index < -0.39 is 5.82 Å². The van der Waals surface area contributed by atoms with Crippen LogP contribution in [0.2, 0.25) is 0 Å². The maximum Gasteiger partial charge on any atom is 0.255 e. The summed E-state index contributed by atoms with van der Waals surface area (Å²) in [6.45, 7) is 2.46. The molecule has 1 heterocycles. The summed E-state index contributed by atoms with van der Waals surface area (Å²) in [5.74, 6) is 0.570. The third-order valence-electron chi connectivity index (χ3n) is 2.11. The Bertz CT molecular complexity index is 548. The molecule has 0 N–H and O–H groups in total. The largest absolute Gasteiger partial charge is 0.494 e. The molecule has 0 amide bonds. The zero-order chi connectivity index (χ0) is 13.0. The van der Waals surface area contributed by atoms with Gasteiger partial charge in [0, 0.05) is 16.7 Å². The first kappa shape index (κ1) is 12.8. The Morgan fingerprint density at radius 2 is 2.06 bits per heavy atom. The predicted molar refractivity (Wildman–Crippen MR) is 69.6 cm³/mol. The normalized spacial score (nSPS) is 10.2. The second-order valence-corrected chi connectivity index (χ2v) is 4.37. The summed E-state index contributed by atoms with van der Waals surface area (Å²) < 4.78 is 24.8. The van der Waals surface area contributed by atoms with Crippen molar-refractivity contribution in [2.24, 2.45) is 0 Å². The molecule has 94 valence electrons. The zero-order valence-corrected chi connectivity index (χ0v) is 11.3. The predicted octanol–water partition coefficient (Wildman–Crippen LogP) is 4.17. The van der Waals surface area contributed by atoms with Crippen LogP contribution in [0.4, 0.5) is 4.39 Å². The van der Waals surface area contributed by atoms with Crippen LogP contribution in [0.3, 0.4) is 0 Å². The molecule has 3 nitrogen and oxygen atoms in total. The number of hydrogen-bond acceptors (Lipinski definition) is 3. The van der Waals surface area contributed by atoms with E-state index in [4.69, 9.17) is 9.47 Å². The maximum absolute atomic E-state index is 13.5. The van der Waals surface area contributed by atoms with Crippen LogP contribution in [0.25, 0.3) is 0 Å². The van der Waals surface area contributed by atoms with Gasteiger partial charge in [-0.3, -0.25) is 0 Å². The van der Waals surface area contributed by atoms with E-state index in [0.29, 0.717) is 22.6 Å². The molecule has 18 heavy (non-hydrogen) atoms. The monoisotopic (exact) mass is 311 g/mol. The first-order valence-electron chi connectivity index (χ1n) is 5.41. The van der Waals surface area contributed by atoms with Crippen LogP contribution in [0, 0.1) is 5.82 Å². The van der Waals surface area contributed by atoms with Crippen molar-refractivity contribution in [1.82, 2.24) is 4.98 Å². The lowest BCUT2D eigenvalue weighted by molar-refractivity contribution is 0.337. The van der Waals surface area contributed by atoms with Crippen molar-refractivity contribution in [2.75, 3.05) is 6.61 Å². The molecule has 1 aromatic carbocycles. The van der Waals surface area contributed by atoms with Gasteiger partial charge in [0.15, 0.2) is 5.82 Å². The van der Waals surface area contributed by atoms with Gasteiger partial charge in [-0.05, 0) is 41.1 Å². The summed E-state index contributed by atoms with van der Waals surface area (Å²) in [6, 6.07) is 8.28. The fourth-order valence-corrected chi connectivity index (χ4v) is 1.69. The highest BCUT2D eigenvalue weighted by molar-refractivity contribution is 9.10. The first-order chi connectivity index (χ1) is 8.69. The Balaban J connectivity index is 2.20. The van der Waals surface area contributed by atoms with Crippen LogP contribution in [0.1, 0.15) is 6.92 Å². The molecule has 0 saturated heterocycles. The van der Waals surface area contributed by atoms with E-state index >= 15 is 0 Å². The van der Waals surface area contributed by atoms with Crippen molar-refractivity contribution in [3.05, 3.63) is 46.8 Å². The fourth-order valence-electron chi connectivity index (χ4n) is 1.38. The molecular weight excluding hydrogens is 301 g/mol. The summed E-state index contributed by atoms with van der Waals surface area (Å²) in [5.41, 5.74) is 0. The van der Waals surface area contributed by atoms with Crippen LogP contribution < -0.4 is 9.47 Å². The van der Waals surface area contributed by atoms with Crippen LogP contribution in [-0.2, 0) is 0 Å². The van der Waals surface area contributed by atoms with Crippen molar-refractivity contribution >= 4 is 15.9 Å². The van der Waals surface area contributed by atoms with Crippen molar-refractivity contribution in [1.29, 1.82) is 0 Å². The lowest BCUT2D eigenvalue weighted by Gasteiger charge is -2.08. The molecule has 0 aliphatic rings. The third-order valence-corrected chi connectivity index (χ3v) is 2.54. The van der Waals surface area contributed by atoms with Crippen LogP contribution >= 0.6 is 15.9 Å². The van der Waals surface area contributed by atoms with E-state index in [1.165, 1.54) is 12.3 Å². The van der Waals surface area contributed by atoms with Gasteiger partial charge in [0.05, 0.1) is 6.61 Å². The molecule has 0 spiro atoms. The molecule has 0 bridgehead atoms. The average Bonchev–Trinajstić information content (AvgIpc) is 2.34. The molecule has 2 aromatic rings. The van der Waals surface area contributed by atoms with Gasteiger partial charge in [0.2, 0.25) is 0 Å². The van der Waals surface area contributed by atoms with Crippen LogP contribution in [0.5, 0.6) is 17.4 Å². The number of benzene rings is 1. The summed E-state index contributed by atoms with van der Waals surface area (Å²) in [4.78, 5) is 3.86. The topological polar surface area (TPSA) is 31.4 Å². The highest BCUT2D eigenvalue weighted by Crippen LogP contribution is 2.26. The molecule has 0 aliphatic carbocycles. The fraction of sp³-hybridized carbons (Fsp3) is 0.154. The lowest BCUT2D eigenvalue weighted by atomic mass is 10.3. The SMILES string of the molecule is CCOc1cccc(Oc2ncc(Br)cc2F)c1. The van der Waals surface area contributed by atoms with Gasteiger partial charge in [-0.2, -0.15) is 0 Å². The van der Waals surface area contributed by atoms with E-state index in [9.17, 15) is 4.39 Å². The molecule has 1 aromatic heterocycles. The van der Waals surface area contributed by atoms with Gasteiger partial charge in [-0.15, -0.1) is 0 Å². The number of pyridine rings is 1. The molecule has 0 fully saturated rings. The highest BCUT2D eigenvalue weighted by atomic mass is 79.9. The minimum Gasteiger partial charge on any atom is -0.494 e. The smallest absolute Gasteiger partial charge is 0.255 e. The quantitative estimate of drug-likeness (QED) is 0.849. The summed E-state index contributed by atoms with van der Waals surface area (Å²) >= 11 is 3.14. The molecule has 0 radical (unpaired) electrons. The summed E-state index contributed by atoms with van der Waals surface area (Å²) in [7, 11) is 0. The Morgan fingerprint density at radius 1 is 1.28 bits per heavy atom. The average molecular weight is 312 g/mol. The van der Waals surface area contributed by atoms with Crippen molar-refractivity contribution in [3.8, 4) is 17.4 Å². The van der Waals surface area contributed by atoms with E-state index in [1.807, 2.05) is 13.0 Å². The highest BCUT2D eigenvalue weighted by Gasteiger charge is 2.07. The van der Waals surface area contributed by atoms with Crippen LogP contribution in [0.15, 0.2) is 41.0 Å². The number of halogens is 2. The van der Waals surface area contributed by atoms with E-state index in [0.717, 1.165) is 0 Å². The van der Waals surface area contributed by atoms with Crippen molar-refractivity contribution < 1.29 is 13.9 Å². The molecule has 0 saturated carbocycles. The Morgan fingerprint density at radius 3 is 2.78 bits per heavy atom. The summed E-state index contributed by atoms with van der Waals surface area (Å²) in [6.07, 6.45) is 1.48. The van der Waals surface area contributed by atoms with E-state index in [1.54, 1.807) is 18.2 Å². The van der Waals surface area contributed by atoms with Gasteiger partial charge in [-0.1, -0.05) is 6.07 Å². The van der Waals surface area contributed by atoms with Crippen molar-refractivity contribution in [2.45, 2.75) is 6.92 Å². The Kier molecular flexibility index (Phi) is 4.15. The molecule has 0 aliphatic heterocycles. The lowest BCUT2D eigenvalue weighted by Crippen LogP contribution is -1.94. The Labute approximate surface area is 113 Å². The standard InChI is InChI=1S/C13H11BrFNO2/c1-2-17-10-4-3-5-11(7-10)18-13-12(15)6-9(14)8-16-13/h3-8H,2H2,1H3. The van der Waals surface area contributed by atoms with Crippen molar-refractivity contribution in [3.63, 3.8) is 0 Å². The minimum absolute atomic E-state index is 0.0631. The second-order valence-electron chi connectivity index (χ2n) is 3.45. The number of nitrogens with zero attached hydrogens (tertiary/aromatic N) is 1. The number of aromatic nitrogens is 1. The summed E-state index contributed by atoms with van der Waals surface area (Å²) in [5, 5.41) is 0. The first-order valence-corrected chi connectivity index (χ1v) is 6.20. The molecule has 5 heteroatoms.